The predicted molar refractivity (Wildman–Crippen MR) is 64.3 cm³/mol. The molecule has 1 amide bonds. The first-order chi connectivity index (χ1) is 8.28. The monoisotopic (exact) mass is 257 g/mol. The average Bonchev–Trinajstić information content (AvgIpc) is 2.23. The smallest absolute Gasteiger partial charge is 0.257 e. The van der Waals surface area contributed by atoms with Gasteiger partial charge in [-0.3, -0.25) is 4.79 Å². The molecule has 0 atom stereocenters. The molecule has 3 nitrogen and oxygen atoms in total. The number of hydrogen-bond donors (Lipinski definition) is 2. The molecule has 0 aromatic heterocycles. The Morgan fingerprint density at radius 2 is 2.00 bits per heavy atom. The van der Waals surface area contributed by atoms with Gasteiger partial charge in [-0.05, 0) is 38.8 Å². The topological polar surface area (TPSA) is 49.3 Å². The molecule has 0 saturated heterocycles. The lowest BCUT2D eigenvalue weighted by Gasteiger charge is -2.25. The number of nitrogens with one attached hydrogen (secondary N) is 1. The molecule has 0 spiro atoms. The zero-order valence-corrected chi connectivity index (χ0v) is 10.7. The van der Waals surface area contributed by atoms with Gasteiger partial charge in [0.2, 0.25) is 0 Å². The molecule has 2 N–H and O–H groups in total. The van der Waals surface area contributed by atoms with Crippen LogP contribution in [0.1, 0.15) is 36.2 Å². The van der Waals surface area contributed by atoms with Crippen molar-refractivity contribution in [2.75, 3.05) is 6.61 Å². The van der Waals surface area contributed by atoms with Crippen LogP contribution in [0.25, 0.3) is 0 Å². The zero-order chi connectivity index (χ0) is 13.9. The molecule has 0 heterocycles. The van der Waals surface area contributed by atoms with Gasteiger partial charge in [0, 0.05) is 12.1 Å². The highest BCUT2D eigenvalue weighted by molar-refractivity contribution is 5.95. The van der Waals surface area contributed by atoms with Crippen molar-refractivity contribution in [2.45, 2.75) is 32.7 Å². The summed E-state index contributed by atoms with van der Waals surface area (Å²) in [6, 6.07) is 2.34. The molecule has 18 heavy (non-hydrogen) atoms. The highest BCUT2D eigenvalue weighted by Gasteiger charge is 2.25. The van der Waals surface area contributed by atoms with Gasteiger partial charge in [-0.15, -0.1) is 0 Å². The molecule has 0 radical (unpaired) electrons. The molecular formula is C13H17F2NO2. The van der Waals surface area contributed by atoms with Crippen molar-refractivity contribution in [3.05, 3.63) is 34.9 Å². The van der Waals surface area contributed by atoms with Gasteiger partial charge in [-0.2, -0.15) is 0 Å². The van der Waals surface area contributed by atoms with Crippen LogP contribution >= 0.6 is 0 Å². The Morgan fingerprint density at radius 3 is 2.56 bits per heavy atom. The summed E-state index contributed by atoms with van der Waals surface area (Å²) < 4.78 is 27.2. The Bertz CT molecular complexity index is 459. The van der Waals surface area contributed by atoms with Crippen molar-refractivity contribution < 1.29 is 18.7 Å². The van der Waals surface area contributed by atoms with E-state index in [0.29, 0.717) is 6.42 Å². The summed E-state index contributed by atoms with van der Waals surface area (Å²) in [4.78, 5) is 11.9. The van der Waals surface area contributed by atoms with Crippen LogP contribution in [0.3, 0.4) is 0 Å². The van der Waals surface area contributed by atoms with Crippen molar-refractivity contribution in [3.8, 4) is 0 Å². The van der Waals surface area contributed by atoms with E-state index < -0.39 is 28.6 Å². The molecule has 0 fully saturated rings. The predicted octanol–water partition coefficient (Wildman–Crippen LogP) is 2.16. The second kappa shape index (κ2) is 5.44. The molecule has 5 heteroatoms. The molecule has 0 aliphatic carbocycles. The summed E-state index contributed by atoms with van der Waals surface area (Å²) in [5.74, 6) is -2.56. The van der Waals surface area contributed by atoms with Gasteiger partial charge in [0.05, 0.1) is 0 Å². The quantitative estimate of drug-likeness (QED) is 0.868. The minimum atomic E-state index is -0.893. The van der Waals surface area contributed by atoms with Gasteiger partial charge in [-0.25, -0.2) is 8.78 Å². The molecule has 0 saturated carbocycles. The average molecular weight is 257 g/mol. The Labute approximate surface area is 105 Å². The fourth-order valence-corrected chi connectivity index (χ4v) is 1.58. The van der Waals surface area contributed by atoms with Crippen LogP contribution in [0.5, 0.6) is 0 Å². The van der Waals surface area contributed by atoms with E-state index in [2.05, 4.69) is 5.32 Å². The van der Waals surface area contributed by atoms with E-state index in [9.17, 15) is 13.6 Å². The van der Waals surface area contributed by atoms with E-state index in [4.69, 9.17) is 5.11 Å². The number of aliphatic hydroxyl groups excluding tert-OH is 1. The van der Waals surface area contributed by atoms with E-state index in [1.807, 2.05) is 0 Å². The summed E-state index contributed by atoms with van der Waals surface area (Å²) in [6.07, 6.45) is 0.299. The SMILES string of the molecule is Cc1ccc(F)c(C(=O)NC(C)(C)CCO)c1F. The first-order valence-corrected chi connectivity index (χ1v) is 5.66. The van der Waals surface area contributed by atoms with Crippen molar-refractivity contribution in [1.29, 1.82) is 0 Å². The van der Waals surface area contributed by atoms with Crippen molar-refractivity contribution in [2.24, 2.45) is 0 Å². The first kappa shape index (κ1) is 14.6. The van der Waals surface area contributed by atoms with Crippen molar-refractivity contribution in [1.82, 2.24) is 5.32 Å². The molecular weight excluding hydrogens is 240 g/mol. The maximum atomic E-state index is 13.7. The number of carbonyl (C=O) groups excluding carboxylic acids is 1. The Kier molecular flexibility index (Phi) is 4.40. The Balaban J connectivity index is 3.02. The number of halogens is 2. The third-order valence-electron chi connectivity index (χ3n) is 2.70. The van der Waals surface area contributed by atoms with Crippen molar-refractivity contribution >= 4 is 5.91 Å². The third-order valence-corrected chi connectivity index (χ3v) is 2.70. The number of amides is 1. The summed E-state index contributed by atoms with van der Waals surface area (Å²) in [6.45, 7) is 4.69. The van der Waals surface area contributed by atoms with Gasteiger partial charge < -0.3 is 10.4 Å². The number of aliphatic hydroxyl groups is 1. The van der Waals surface area contributed by atoms with Crippen LogP contribution in [0.4, 0.5) is 8.78 Å². The van der Waals surface area contributed by atoms with Gasteiger partial charge in [-0.1, -0.05) is 6.07 Å². The van der Waals surface area contributed by atoms with Gasteiger partial charge in [0.25, 0.3) is 5.91 Å². The third kappa shape index (κ3) is 3.26. The van der Waals surface area contributed by atoms with E-state index in [0.717, 1.165) is 6.07 Å². The molecule has 0 bridgehead atoms. The summed E-state index contributed by atoms with van der Waals surface area (Å²) in [5, 5.41) is 11.3. The van der Waals surface area contributed by atoms with E-state index in [1.54, 1.807) is 13.8 Å². The highest BCUT2D eigenvalue weighted by atomic mass is 19.1. The van der Waals surface area contributed by atoms with E-state index in [-0.39, 0.29) is 12.2 Å². The molecule has 100 valence electrons. The van der Waals surface area contributed by atoms with Crippen LogP contribution in [-0.2, 0) is 0 Å². The van der Waals surface area contributed by atoms with Gasteiger partial charge >= 0.3 is 0 Å². The number of hydrogen-bond acceptors (Lipinski definition) is 2. The lowest BCUT2D eigenvalue weighted by Crippen LogP contribution is -2.44. The van der Waals surface area contributed by atoms with Gasteiger partial charge in [0.15, 0.2) is 0 Å². The summed E-state index contributed by atoms with van der Waals surface area (Å²) in [7, 11) is 0. The van der Waals surface area contributed by atoms with Crippen LogP contribution < -0.4 is 5.32 Å². The van der Waals surface area contributed by atoms with Crippen LogP contribution in [0.15, 0.2) is 12.1 Å². The van der Waals surface area contributed by atoms with Crippen LogP contribution in [0, 0.1) is 18.6 Å². The number of rotatable bonds is 4. The minimum Gasteiger partial charge on any atom is -0.396 e. The molecule has 0 aliphatic heterocycles. The Hall–Kier alpha value is -1.49. The van der Waals surface area contributed by atoms with Crippen molar-refractivity contribution in [3.63, 3.8) is 0 Å². The summed E-state index contributed by atoms with van der Waals surface area (Å²) >= 11 is 0. The zero-order valence-electron chi connectivity index (χ0n) is 10.7. The molecule has 0 aliphatic rings. The van der Waals surface area contributed by atoms with E-state index in [1.165, 1.54) is 13.0 Å². The lowest BCUT2D eigenvalue weighted by atomic mass is 10.00. The largest absolute Gasteiger partial charge is 0.396 e. The number of aryl methyl sites for hydroxylation is 1. The fourth-order valence-electron chi connectivity index (χ4n) is 1.58. The highest BCUT2D eigenvalue weighted by Crippen LogP contribution is 2.18. The molecule has 1 rings (SSSR count). The lowest BCUT2D eigenvalue weighted by molar-refractivity contribution is 0.0890. The second-order valence-electron chi connectivity index (χ2n) is 4.86. The van der Waals surface area contributed by atoms with Crippen LogP contribution in [0.2, 0.25) is 0 Å². The molecule has 1 aromatic rings. The maximum absolute atomic E-state index is 13.7. The standard InChI is InChI=1S/C13H17F2NO2/c1-8-4-5-9(14)10(11(8)15)12(18)16-13(2,3)6-7-17/h4-5,17H,6-7H2,1-3H3,(H,16,18). The van der Waals surface area contributed by atoms with Crippen LogP contribution in [-0.4, -0.2) is 23.2 Å². The first-order valence-electron chi connectivity index (χ1n) is 5.66. The van der Waals surface area contributed by atoms with Gasteiger partial charge in [0.1, 0.15) is 17.2 Å². The number of benzene rings is 1. The maximum Gasteiger partial charge on any atom is 0.257 e. The normalized spacial score (nSPS) is 11.4. The molecule has 0 unspecified atom stereocenters. The fraction of sp³-hybridized carbons (Fsp3) is 0.462. The minimum absolute atomic E-state index is 0.119. The second-order valence-corrected chi connectivity index (χ2v) is 4.86. The Morgan fingerprint density at radius 1 is 1.39 bits per heavy atom. The summed E-state index contributed by atoms with van der Waals surface area (Å²) in [5.41, 5.74) is -1.10. The van der Waals surface area contributed by atoms with E-state index >= 15 is 0 Å². The molecule has 1 aromatic carbocycles. The number of carbonyl (C=O) groups is 1.